The van der Waals surface area contributed by atoms with Gasteiger partial charge in [0.1, 0.15) is 0 Å². The lowest BCUT2D eigenvalue weighted by Crippen LogP contribution is -2.26. The van der Waals surface area contributed by atoms with Crippen molar-refractivity contribution in [1.82, 2.24) is 0 Å². The fraction of sp³-hybridized carbons (Fsp3) is 0.429. The van der Waals surface area contributed by atoms with E-state index in [0.29, 0.717) is 19.3 Å². The van der Waals surface area contributed by atoms with Gasteiger partial charge >= 0.3 is 5.97 Å². The van der Waals surface area contributed by atoms with Gasteiger partial charge in [0, 0.05) is 7.05 Å². The second-order valence-electron chi connectivity index (χ2n) is 5.34. The van der Waals surface area contributed by atoms with Gasteiger partial charge in [0.05, 0.1) is 17.5 Å². The minimum Gasteiger partial charge on any atom is -0.481 e. The average Bonchev–Trinajstić information content (AvgIpc) is 3.03. The Balaban J connectivity index is 2.23. The molecule has 1 heterocycles. The molecule has 0 saturated heterocycles. The SMILES string of the molecule is Cc1cc2c(c(C3(C(=O)O)CC3)c1)N(C)C(=O)C2. The van der Waals surface area contributed by atoms with Crippen LogP contribution in [0.5, 0.6) is 0 Å². The number of carbonyl (C=O) groups excluding carboxylic acids is 1. The lowest BCUT2D eigenvalue weighted by molar-refractivity contribution is -0.140. The average molecular weight is 245 g/mol. The highest BCUT2D eigenvalue weighted by atomic mass is 16.4. The van der Waals surface area contributed by atoms with E-state index in [2.05, 4.69) is 0 Å². The van der Waals surface area contributed by atoms with E-state index in [1.807, 2.05) is 19.1 Å². The number of amides is 1. The summed E-state index contributed by atoms with van der Waals surface area (Å²) >= 11 is 0. The number of anilines is 1. The molecule has 1 amide bonds. The zero-order valence-corrected chi connectivity index (χ0v) is 10.5. The number of aliphatic carboxylic acids is 1. The summed E-state index contributed by atoms with van der Waals surface area (Å²) < 4.78 is 0. The molecule has 1 aromatic carbocycles. The van der Waals surface area contributed by atoms with E-state index >= 15 is 0 Å². The first kappa shape index (κ1) is 11.3. The first-order valence-corrected chi connectivity index (χ1v) is 6.10. The Kier molecular flexibility index (Phi) is 2.09. The number of benzene rings is 1. The van der Waals surface area contributed by atoms with Crippen molar-refractivity contribution >= 4 is 17.6 Å². The van der Waals surface area contributed by atoms with Crippen molar-refractivity contribution in [3.8, 4) is 0 Å². The molecular formula is C14H15NO3. The molecule has 0 bridgehead atoms. The van der Waals surface area contributed by atoms with Gasteiger partial charge in [-0.25, -0.2) is 0 Å². The minimum atomic E-state index is -0.775. The van der Waals surface area contributed by atoms with Gasteiger partial charge in [-0.1, -0.05) is 17.7 Å². The number of nitrogens with zero attached hydrogens (tertiary/aromatic N) is 1. The Labute approximate surface area is 105 Å². The highest BCUT2D eigenvalue weighted by Gasteiger charge is 2.54. The zero-order valence-electron chi connectivity index (χ0n) is 10.5. The number of rotatable bonds is 2. The maximum Gasteiger partial charge on any atom is 0.314 e. The maximum atomic E-state index is 11.8. The smallest absolute Gasteiger partial charge is 0.314 e. The highest BCUT2D eigenvalue weighted by Crippen LogP contribution is 2.53. The van der Waals surface area contributed by atoms with Crippen molar-refractivity contribution in [2.24, 2.45) is 0 Å². The lowest BCUT2D eigenvalue weighted by atomic mass is 9.90. The van der Waals surface area contributed by atoms with Crippen molar-refractivity contribution in [3.05, 3.63) is 28.8 Å². The number of carbonyl (C=O) groups is 2. The third-order valence-corrected chi connectivity index (χ3v) is 4.06. The van der Waals surface area contributed by atoms with E-state index in [0.717, 1.165) is 22.4 Å². The van der Waals surface area contributed by atoms with Crippen LogP contribution in [-0.2, 0) is 21.4 Å². The molecule has 4 nitrogen and oxygen atoms in total. The van der Waals surface area contributed by atoms with Crippen LogP contribution in [0, 0.1) is 6.92 Å². The summed E-state index contributed by atoms with van der Waals surface area (Å²) in [5.74, 6) is -0.735. The molecule has 0 spiro atoms. The lowest BCUT2D eigenvalue weighted by Gasteiger charge is -2.20. The molecule has 0 unspecified atom stereocenters. The molecule has 1 aromatic rings. The van der Waals surface area contributed by atoms with Crippen molar-refractivity contribution in [1.29, 1.82) is 0 Å². The van der Waals surface area contributed by atoms with Crippen LogP contribution in [0.25, 0.3) is 0 Å². The van der Waals surface area contributed by atoms with Gasteiger partial charge < -0.3 is 10.0 Å². The zero-order chi connectivity index (χ0) is 13.1. The van der Waals surface area contributed by atoms with Crippen LogP contribution in [0.4, 0.5) is 5.69 Å². The molecule has 1 saturated carbocycles. The summed E-state index contributed by atoms with van der Waals surface area (Å²) in [6, 6.07) is 3.91. The molecule has 1 N–H and O–H groups in total. The summed E-state index contributed by atoms with van der Waals surface area (Å²) in [6.07, 6.45) is 1.72. The fourth-order valence-electron chi connectivity index (χ4n) is 2.88. The van der Waals surface area contributed by atoms with E-state index in [9.17, 15) is 14.7 Å². The predicted octanol–water partition coefficient (Wildman–Crippen LogP) is 1.63. The largest absolute Gasteiger partial charge is 0.481 e. The third kappa shape index (κ3) is 1.32. The summed E-state index contributed by atoms with van der Waals surface area (Å²) in [5.41, 5.74) is 2.88. The van der Waals surface area contributed by atoms with Gasteiger partial charge in [-0.3, -0.25) is 9.59 Å². The number of likely N-dealkylation sites (N-methyl/N-ethyl adjacent to an activating group) is 1. The number of hydrogen-bond donors (Lipinski definition) is 1. The van der Waals surface area contributed by atoms with E-state index in [1.54, 1.807) is 11.9 Å². The molecule has 3 rings (SSSR count). The van der Waals surface area contributed by atoms with Crippen LogP contribution in [0.1, 0.15) is 29.5 Å². The van der Waals surface area contributed by atoms with Crippen molar-refractivity contribution in [2.45, 2.75) is 31.6 Å². The van der Waals surface area contributed by atoms with Crippen LogP contribution in [0.2, 0.25) is 0 Å². The molecule has 18 heavy (non-hydrogen) atoms. The topological polar surface area (TPSA) is 57.6 Å². The van der Waals surface area contributed by atoms with Gasteiger partial charge in [-0.2, -0.15) is 0 Å². The van der Waals surface area contributed by atoms with Crippen molar-refractivity contribution < 1.29 is 14.7 Å². The number of carboxylic acids is 1. The van der Waals surface area contributed by atoms with Crippen LogP contribution in [-0.4, -0.2) is 24.0 Å². The molecule has 0 atom stereocenters. The van der Waals surface area contributed by atoms with Crippen LogP contribution >= 0.6 is 0 Å². The van der Waals surface area contributed by atoms with Crippen LogP contribution in [0.15, 0.2) is 12.1 Å². The molecule has 0 aromatic heterocycles. The number of carboxylic acid groups (broad SMARTS) is 1. The Bertz CT molecular complexity index is 573. The molecule has 0 radical (unpaired) electrons. The Morgan fingerprint density at radius 1 is 1.39 bits per heavy atom. The van der Waals surface area contributed by atoms with E-state index < -0.39 is 11.4 Å². The summed E-state index contributed by atoms with van der Waals surface area (Å²) in [5, 5.41) is 9.43. The summed E-state index contributed by atoms with van der Waals surface area (Å²) in [4.78, 5) is 24.9. The normalized spacial score (nSPS) is 19.9. The molecule has 94 valence electrons. The van der Waals surface area contributed by atoms with Gasteiger partial charge in [0.2, 0.25) is 5.91 Å². The first-order chi connectivity index (χ1) is 8.45. The Morgan fingerprint density at radius 2 is 2.06 bits per heavy atom. The van der Waals surface area contributed by atoms with E-state index in [4.69, 9.17) is 0 Å². The second-order valence-corrected chi connectivity index (χ2v) is 5.34. The minimum absolute atomic E-state index is 0.0399. The van der Waals surface area contributed by atoms with Gasteiger partial charge in [-0.05, 0) is 30.9 Å². The number of hydrogen-bond acceptors (Lipinski definition) is 2. The second kappa shape index (κ2) is 3.34. The van der Waals surface area contributed by atoms with E-state index in [-0.39, 0.29) is 5.91 Å². The van der Waals surface area contributed by atoms with Crippen molar-refractivity contribution in [3.63, 3.8) is 0 Å². The van der Waals surface area contributed by atoms with Crippen molar-refractivity contribution in [2.75, 3.05) is 11.9 Å². The summed E-state index contributed by atoms with van der Waals surface area (Å²) in [6.45, 7) is 1.95. The van der Waals surface area contributed by atoms with Gasteiger partial charge in [0.15, 0.2) is 0 Å². The third-order valence-electron chi connectivity index (χ3n) is 4.06. The van der Waals surface area contributed by atoms with E-state index in [1.165, 1.54) is 0 Å². The van der Waals surface area contributed by atoms with Gasteiger partial charge in [0.25, 0.3) is 0 Å². The Hall–Kier alpha value is -1.84. The maximum absolute atomic E-state index is 11.8. The van der Waals surface area contributed by atoms with Gasteiger partial charge in [-0.15, -0.1) is 0 Å². The highest BCUT2D eigenvalue weighted by molar-refractivity contribution is 6.03. The molecule has 1 aliphatic carbocycles. The fourth-order valence-corrected chi connectivity index (χ4v) is 2.88. The molecule has 1 aliphatic heterocycles. The molecule has 2 aliphatic rings. The van der Waals surface area contributed by atoms with Crippen LogP contribution in [0.3, 0.4) is 0 Å². The standard InChI is InChI=1S/C14H15NO3/c1-8-5-9-7-11(16)15(2)12(9)10(6-8)14(3-4-14)13(17)18/h5-6H,3-4,7H2,1-2H3,(H,17,18). The monoisotopic (exact) mass is 245 g/mol. The number of aryl methyl sites for hydroxylation is 1. The Morgan fingerprint density at radius 3 is 2.61 bits per heavy atom. The molecular weight excluding hydrogens is 230 g/mol. The van der Waals surface area contributed by atoms with Crippen LogP contribution < -0.4 is 4.90 Å². The first-order valence-electron chi connectivity index (χ1n) is 6.10. The molecule has 4 heteroatoms. The number of fused-ring (bicyclic) bond motifs is 1. The quantitative estimate of drug-likeness (QED) is 0.861. The predicted molar refractivity (Wildman–Crippen MR) is 66.8 cm³/mol. The summed E-state index contributed by atoms with van der Waals surface area (Å²) in [7, 11) is 1.73. The molecule has 1 fully saturated rings.